The van der Waals surface area contributed by atoms with Gasteiger partial charge in [-0.25, -0.2) is 4.79 Å². The third-order valence-corrected chi connectivity index (χ3v) is 3.60. The first-order valence-electron chi connectivity index (χ1n) is 7.72. The molecule has 1 heterocycles. The molecule has 0 fully saturated rings. The van der Waals surface area contributed by atoms with Crippen molar-refractivity contribution in [2.24, 2.45) is 0 Å². The smallest absolute Gasteiger partial charge is 0.338 e. The van der Waals surface area contributed by atoms with Crippen molar-refractivity contribution in [3.05, 3.63) is 65.9 Å². The van der Waals surface area contributed by atoms with Crippen molar-refractivity contribution in [1.29, 1.82) is 0 Å². The zero-order valence-corrected chi connectivity index (χ0v) is 13.7. The van der Waals surface area contributed by atoms with Gasteiger partial charge in [-0.1, -0.05) is 18.2 Å². The van der Waals surface area contributed by atoms with Crippen LogP contribution in [0.3, 0.4) is 0 Å². The standard InChI is InChI=1S/C19H17N3O3/c1-12-10-17(15-4-2-3-5-16(15)21-12)22-18(23)11-25-19(24)13-6-8-14(20)9-7-13/h2-10H,11,20H2,1H3,(H,21,22,23). The summed E-state index contributed by atoms with van der Waals surface area (Å²) in [7, 11) is 0. The first-order valence-corrected chi connectivity index (χ1v) is 7.72. The van der Waals surface area contributed by atoms with E-state index in [1.807, 2.05) is 31.2 Å². The number of ether oxygens (including phenoxy) is 1. The molecule has 0 atom stereocenters. The number of benzene rings is 2. The van der Waals surface area contributed by atoms with Gasteiger partial charge >= 0.3 is 5.97 Å². The maximum atomic E-state index is 12.1. The number of esters is 1. The SMILES string of the molecule is Cc1cc(NC(=O)COC(=O)c2ccc(N)cc2)c2ccccc2n1. The molecule has 3 aromatic rings. The van der Waals surface area contributed by atoms with Crippen molar-refractivity contribution in [3.63, 3.8) is 0 Å². The molecule has 0 radical (unpaired) electrons. The topological polar surface area (TPSA) is 94.3 Å². The van der Waals surface area contributed by atoms with E-state index in [-0.39, 0.29) is 6.61 Å². The number of aryl methyl sites for hydroxylation is 1. The van der Waals surface area contributed by atoms with Crippen LogP contribution in [0.1, 0.15) is 16.1 Å². The number of carbonyl (C=O) groups excluding carboxylic acids is 2. The van der Waals surface area contributed by atoms with Crippen LogP contribution in [-0.4, -0.2) is 23.5 Å². The predicted octanol–water partition coefficient (Wildman–Crippen LogP) is 2.92. The van der Waals surface area contributed by atoms with E-state index in [2.05, 4.69) is 10.3 Å². The number of pyridine rings is 1. The van der Waals surface area contributed by atoms with Crippen molar-refractivity contribution in [3.8, 4) is 0 Å². The number of nitrogens with zero attached hydrogens (tertiary/aromatic N) is 1. The Morgan fingerprint density at radius 2 is 1.84 bits per heavy atom. The second kappa shape index (κ2) is 7.00. The number of carbonyl (C=O) groups is 2. The number of amides is 1. The third kappa shape index (κ3) is 3.92. The fraction of sp³-hybridized carbons (Fsp3) is 0.105. The summed E-state index contributed by atoms with van der Waals surface area (Å²) in [6.07, 6.45) is 0. The van der Waals surface area contributed by atoms with E-state index in [1.54, 1.807) is 30.3 Å². The van der Waals surface area contributed by atoms with E-state index >= 15 is 0 Å². The van der Waals surface area contributed by atoms with E-state index in [1.165, 1.54) is 0 Å². The molecule has 0 aliphatic carbocycles. The number of rotatable bonds is 4. The van der Waals surface area contributed by atoms with Crippen LogP contribution in [-0.2, 0) is 9.53 Å². The lowest BCUT2D eigenvalue weighted by Gasteiger charge is -2.10. The summed E-state index contributed by atoms with van der Waals surface area (Å²) in [5.74, 6) is -0.995. The maximum absolute atomic E-state index is 12.1. The van der Waals surface area contributed by atoms with Crippen LogP contribution in [0.2, 0.25) is 0 Å². The fourth-order valence-corrected chi connectivity index (χ4v) is 2.43. The van der Waals surface area contributed by atoms with Crippen LogP contribution in [0.4, 0.5) is 11.4 Å². The molecule has 6 nitrogen and oxygen atoms in total. The zero-order chi connectivity index (χ0) is 17.8. The van der Waals surface area contributed by atoms with Crippen molar-refractivity contribution in [1.82, 2.24) is 4.98 Å². The van der Waals surface area contributed by atoms with Crippen molar-refractivity contribution < 1.29 is 14.3 Å². The number of anilines is 2. The highest BCUT2D eigenvalue weighted by Gasteiger charge is 2.12. The van der Waals surface area contributed by atoms with Crippen LogP contribution in [0, 0.1) is 6.92 Å². The van der Waals surface area contributed by atoms with E-state index in [0.29, 0.717) is 16.9 Å². The summed E-state index contributed by atoms with van der Waals surface area (Å²) in [5.41, 5.74) is 8.67. The molecule has 0 bridgehead atoms. The summed E-state index contributed by atoms with van der Waals surface area (Å²) in [6, 6.07) is 15.6. The molecule has 1 aromatic heterocycles. The van der Waals surface area contributed by atoms with E-state index in [9.17, 15) is 9.59 Å². The second-order valence-electron chi connectivity index (χ2n) is 5.57. The lowest BCUT2D eigenvalue weighted by Crippen LogP contribution is -2.21. The number of fused-ring (bicyclic) bond motifs is 1. The summed E-state index contributed by atoms with van der Waals surface area (Å²) in [5, 5.41) is 3.59. The first kappa shape index (κ1) is 16.4. The minimum absolute atomic E-state index is 0.340. The molecule has 0 unspecified atom stereocenters. The molecule has 3 N–H and O–H groups in total. The minimum atomic E-state index is -0.578. The Kier molecular flexibility index (Phi) is 4.61. The highest BCUT2D eigenvalue weighted by molar-refractivity contribution is 6.02. The molecule has 3 rings (SSSR count). The van der Waals surface area contributed by atoms with Gasteiger partial charge in [0.15, 0.2) is 6.61 Å². The van der Waals surface area contributed by atoms with E-state index in [4.69, 9.17) is 10.5 Å². The Hall–Kier alpha value is -3.41. The number of hydrogen-bond donors (Lipinski definition) is 2. The molecule has 0 saturated carbocycles. The van der Waals surface area contributed by atoms with Gasteiger partial charge in [-0.15, -0.1) is 0 Å². The molecule has 6 heteroatoms. The number of nitrogens with one attached hydrogen (secondary N) is 1. The van der Waals surface area contributed by atoms with Crippen LogP contribution < -0.4 is 11.1 Å². The monoisotopic (exact) mass is 335 g/mol. The Balaban J connectivity index is 1.67. The largest absolute Gasteiger partial charge is 0.452 e. The van der Waals surface area contributed by atoms with Crippen LogP contribution in [0.15, 0.2) is 54.6 Å². The number of aromatic nitrogens is 1. The molecular formula is C19H17N3O3. The molecule has 25 heavy (non-hydrogen) atoms. The zero-order valence-electron chi connectivity index (χ0n) is 13.7. The second-order valence-corrected chi connectivity index (χ2v) is 5.57. The van der Waals surface area contributed by atoms with Crippen molar-refractivity contribution in [2.75, 3.05) is 17.7 Å². The van der Waals surface area contributed by atoms with Gasteiger partial charge in [-0.3, -0.25) is 9.78 Å². The van der Waals surface area contributed by atoms with Gasteiger partial charge in [0.1, 0.15) is 0 Å². The summed E-state index contributed by atoms with van der Waals surface area (Å²) < 4.78 is 5.04. The average molecular weight is 335 g/mol. The predicted molar refractivity (Wildman–Crippen MR) is 96.2 cm³/mol. The van der Waals surface area contributed by atoms with Crippen LogP contribution in [0.25, 0.3) is 10.9 Å². The third-order valence-electron chi connectivity index (χ3n) is 3.60. The molecule has 0 saturated heterocycles. The summed E-state index contributed by atoms with van der Waals surface area (Å²) in [6.45, 7) is 1.47. The summed E-state index contributed by atoms with van der Waals surface area (Å²) in [4.78, 5) is 28.5. The molecule has 0 aliphatic heterocycles. The Morgan fingerprint density at radius 3 is 2.60 bits per heavy atom. The number of nitrogens with two attached hydrogens (primary N) is 1. The number of nitrogen functional groups attached to an aromatic ring is 1. The van der Waals surface area contributed by atoms with Gasteiger partial charge in [0.05, 0.1) is 16.8 Å². The molecule has 2 aromatic carbocycles. The summed E-state index contributed by atoms with van der Waals surface area (Å²) >= 11 is 0. The molecule has 0 spiro atoms. The lowest BCUT2D eigenvalue weighted by atomic mass is 10.1. The molecule has 126 valence electrons. The molecular weight excluding hydrogens is 318 g/mol. The van der Waals surface area contributed by atoms with Gasteiger partial charge in [-0.05, 0) is 43.3 Å². The number of hydrogen-bond acceptors (Lipinski definition) is 5. The fourth-order valence-electron chi connectivity index (χ4n) is 2.43. The average Bonchev–Trinajstić information content (AvgIpc) is 2.60. The normalized spacial score (nSPS) is 10.4. The Morgan fingerprint density at radius 1 is 1.12 bits per heavy atom. The van der Waals surface area contributed by atoms with Gasteiger partial charge in [0.25, 0.3) is 5.91 Å². The van der Waals surface area contributed by atoms with Crippen LogP contribution in [0.5, 0.6) is 0 Å². The maximum Gasteiger partial charge on any atom is 0.338 e. The molecule has 1 amide bonds. The van der Waals surface area contributed by atoms with Crippen LogP contribution >= 0.6 is 0 Å². The molecule has 0 aliphatic rings. The van der Waals surface area contributed by atoms with Crippen molar-refractivity contribution >= 4 is 34.2 Å². The van der Waals surface area contributed by atoms with E-state index in [0.717, 1.165) is 16.6 Å². The highest BCUT2D eigenvalue weighted by atomic mass is 16.5. The van der Waals surface area contributed by atoms with Gasteiger partial charge < -0.3 is 15.8 Å². The quantitative estimate of drug-likeness (QED) is 0.565. The van der Waals surface area contributed by atoms with E-state index < -0.39 is 11.9 Å². The lowest BCUT2D eigenvalue weighted by molar-refractivity contribution is -0.119. The minimum Gasteiger partial charge on any atom is -0.452 e. The van der Waals surface area contributed by atoms with Gasteiger partial charge in [0, 0.05) is 16.8 Å². The van der Waals surface area contributed by atoms with Crippen molar-refractivity contribution in [2.45, 2.75) is 6.92 Å². The number of para-hydroxylation sites is 1. The Bertz CT molecular complexity index is 936. The highest BCUT2D eigenvalue weighted by Crippen LogP contribution is 2.22. The van der Waals surface area contributed by atoms with Gasteiger partial charge in [-0.2, -0.15) is 0 Å². The van der Waals surface area contributed by atoms with Gasteiger partial charge in [0.2, 0.25) is 0 Å². The first-order chi connectivity index (χ1) is 12.0. The Labute approximate surface area is 144 Å².